The number of aryl methyl sites for hydroxylation is 1. The van der Waals surface area contributed by atoms with Gasteiger partial charge >= 0.3 is 0 Å². The standard InChI is InChI=1S/C13H15N3O3/c1-8-6-11(14-7-9(2)17)10-4-3-5-12(16(18)19)13(10)15-8/h3-6,9,17H,7H2,1-2H3,(H,14,15). The Balaban J connectivity index is 2.58. The largest absolute Gasteiger partial charge is 0.392 e. The first-order chi connectivity index (χ1) is 8.99. The number of pyridine rings is 1. The van der Waals surface area contributed by atoms with Crippen molar-refractivity contribution in [3.8, 4) is 0 Å². The maximum absolute atomic E-state index is 11.0. The number of nitro benzene ring substituents is 1. The first kappa shape index (κ1) is 13.2. The summed E-state index contributed by atoms with van der Waals surface area (Å²) in [6.07, 6.45) is -0.498. The van der Waals surface area contributed by atoms with Crippen LogP contribution in [0.15, 0.2) is 24.3 Å². The maximum Gasteiger partial charge on any atom is 0.295 e. The number of nitrogens with one attached hydrogen (secondary N) is 1. The van der Waals surface area contributed by atoms with Gasteiger partial charge in [-0.15, -0.1) is 0 Å². The molecule has 0 radical (unpaired) electrons. The van der Waals surface area contributed by atoms with Gasteiger partial charge in [0.15, 0.2) is 5.52 Å². The van der Waals surface area contributed by atoms with Gasteiger partial charge < -0.3 is 10.4 Å². The molecule has 1 atom stereocenters. The van der Waals surface area contributed by atoms with Gasteiger partial charge in [-0.3, -0.25) is 10.1 Å². The number of hydrogen-bond acceptors (Lipinski definition) is 5. The highest BCUT2D eigenvalue weighted by atomic mass is 16.6. The molecule has 0 saturated carbocycles. The number of rotatable bonds is 4. The number of aliphatic hydroxyl groups excluding tert-OH is 1. The number of fused-ring (bicyclic) bond motifs is 1. The molecule has 19 heavy (non-hydrogen) atoms. The molecular weight excluding hydrogens is 246 g/mol. The second-order valence-corrected chi connectivity index (χ2v) is 4.47. The average molecular weight is 261 g/mol. The van der Waals surface area contributed by atoms with Gasteiger partial charge in [0, 0.05) is 29.4 Å². The smallest absolute Gasteiger partial charge is 0.295 e. The van der Waals surface area contributed by atoms with Crippen molar-refractivity contribution in [3.05, 3.63) is 40.1 Å². The molecule has 100 valence electrons. The van der Waals surface area contributed by atoms with Gasteiger partial charge in [-0.1, -0.05) is 12.1 Å². The summed E-state index contributed by atoms with van der Waals surface area (Å²) in [5.74, 6) is 0. The number of benzene rings is 1. The second-order valence-electron chi connectivity index (χ2n) is 4.47. The van der Waals surface area contributed by atoms with E-state index in [0.29, 0.717) is 23.1 Å². The lowest BCUT2D eigenvalue weighted by atomic mass is 10.1. The SMILES string of the molecule is Cc1cc(NCC(C)O)c2cccc([N+](=O)[O-])c2n1. The summed E-state index contributed by atoms with van der Waals surface area (Å²) in [4.78, 5) is 14.8. The molecule has 0 amide bonds. The number of hydrogen-bond donors (Lipinski definition) is 2. The van der Waals surface area contributed by atoms with Crippen LogP contribution in [0.4, 0.5) is 11.4 Å². The zero-order valence-electron chi connectivity index (χ0n) is 10.8. The Morgan fingerprint density at radius 3 is 2.89 bits per heavy atom. The topological polar surface area (TPSA) is 88.3 Å². The monoisotopic (exact) mass is 261 g/mol. The Bertz CT molecular complexity index is 626. The highest BCUT2D eigenvalue weighted by Gasteiger charge is 2.15. The fourth-order valence-electron chi connectivity index (χ4n) is 1.91. The van der Waals surface area contributed by atoms with Gasteiger partial charge in [-0.25, -0.2) is 4.98 Å². The minimum atomic E-state index is -0.498. The highest BCUT2D eigenvalue weighted by molar-refractivity contribution is 5.96. The molecule has 0 bridgehead atoms. The van der Waals surface area contributed by atoms with Crippen molar-refractivity contribution in [1.82, 2.24) is 4.98 Å². The number of non-ortho nitro benzene ring substituents is 1. The Labute approximate surface area is 110 Å². The Hall–Kier alpha value is -2.21. The molecule has 1 unspecified atom stereocenters. The molecule has 2 N–H and O–H groups in total. The van der Waals surface area contributed by atoms with Crippen molar-refractivity contribution in [2.45, 2.75) is 20.0 Å². The predicted octanol–water partition coefficient (Wildman–Crippen LogP) is 2.24. The minimum absolute atomic E-state index is 0.0127. The van der Waals surface area contributed by atoms with E-state index in [1.54, 1.807) is 26.0 Å². The van der Waals surface area contributed by atoms with Crippen LogP contribution in [0.3, 0.4) is 0 Å². The molecule has 1 aromatic carbocycles. The Kier molecular flexibility index (Phi) is 3.62. The molecular formula is C13H15N3O3. The van der Waals surface area contributed by atoms with Crippen LogP contribution in [0.2, 0.25) is 0 Å². The normalized spacial score (nSPS) is 12.4. The van der Waals surface area contributed by atoms with E-state index in [1.807, 2.05) is 6.07 Å². The minimum Gasteiger partial charge on any atom is -0.392 e. The summed E-state index contributed by atoms with van der Waals surface area (Å²) in [7, 11) is 0. The third kappa shape index (κ3) is 2.79. The number of anilines is 1. The predicted molar refractivity (Wildman–Crippen MR) is 73.3 cm³/mol. The van der Waals surface area contributed by atoms with Crippen LogP contribution in [-0.4, -0.2) is 27.7 Å². The van der Waals surface area contributed by atoms with Crippen LogP contribution in [0.5, 0.6) is 0 Å². The van der Waals surface area contributed by atoms with Crippen LogP contribution in [-0.2, 0) is 0 Å². The summed E-state index contributed by atoms with van der Waals surface area (Å²) < 4.78 is 0. The van der Waals surface area contributed by atoms with Crippen LogP contribution in [0.25, 0.3) is 10.9 Å². The van der Waals surface area contributed by atoms with Gasteiger partial charge in [0.05, 0.1) is 11.0 Å². The van der Waals surface area contributed by atoms with Gasteiger partial charge in [0.1, 0.15) is 0 Å². The molecule has 0 fully saturated rings. The van der Waals surface area contributed by atoms with Crippen molar-refractivity contribution >= 4 is 22.3 Å². The summed E-state index contributed by atoms with van der Waals surface area (Å²) in [5, 5.41) is 24.1. The summed E-state index contributed by atoms with van der Waals surface area (Å²) in [5.41, 5.74) is 1.78. The molecule has 6 heteroatoms. The van der Waals surface area contributed by atoms with E-state index in [4.69, 9.17) is 0 Å². The molecule has 0 saturated heterocycles. The van der Waals surface area contributed by atoms with Gasteiger partial charge in [0.2, 0.25) is 0 Å². The molecule has 1 aromatic heterocycles. The lowest BCUT2D eigenvalue weighted by Crippen LogP contribution is -2.15. The van der Waals surface area contributed by atoms with E-state index in [2.05, 4.69) is 10.3 Å². The zero-order valence-corrected chi connectivity index (χ0v) is 10.8. The van der Waals surface area contributed by atoms with Crippen LogP contribution >= 0.6 is 0 Å². The highest BCUT2D eigenvalue weighted by Crippen LogP contribution is 2.29. The van der Waals surface area contributed by atoms with Gasteiger partial charge in [-0.2, -0.15) is 0 Å². The molecule has 0 spiro atoms. The van der Waals surface area contributed by atoms with Crippen LogP contribution in [0.1, 0.15) is 12.6 Å². The molecule has 0 aliphatic heterocycles. The summed E-state index contributed by atoms with van der Waals surface area (Å²) >= 11 is 0. The van der Waals surface area contributed by atoms with Gasteiger partial charge in [-0.05, 0) is 19.9 Å². The fraction of sp³-hybridized carbons (Fsp3) is 0.308. The van der Waals surface area contributed by atoms with Crippen molar-refractivity contribution < 1.29 is 10.0 Å². The van der Waals surface area contributed by atoms with E-state index in [-0.39, 0.29) is 5.69 Å². The van der Waals surface area contributed by atoms with E-state index in [9.17, 15) is 15.2 Å². The first-order valence-corrected chi connectivity index (χ1v) is 5.95. The first-order valence-electron chi connectivity index (χ1n) is 5.95. The van der Waals surface area contributed by atoms with E-state index < -0.39 is 11.0 Å². The molecule has 6 nitrogen and oxygen atoms in total. The fourth-order valence-corrected chi connectivity index (χ4v) is 1.91. The molecule has 2 aromatic rings. The van der Waals surface area contributed by atoms with E-state index in [0.717, 1.165) is 5.69 Å². The Morgan fingerprint density at radius 2 is 2.26 bits per heavy atom. The molecule has 2 rings (SSSR count). The summed E-state index contributed by atoms with van der Waals surface area (Å²) in [6, 6.07) is 6.66. The van der Waals surface area contributed by atoms with Crippen molar-refractivity contribution in [1.29, 1.82) is 0 Å². The van der Waals surface area contributed by atoms with Crippen molar-refractivity contribution in [2.75, 3.05) is 11.9 Å². The second kappa shape index (κ2) is 5.19. The van der Waals surface area contributed by atoms with E-state index in [1.165, 1.54) is 6.07 Å². The quantitative estimate of drug-likeness (QED) is 0.651. The molecule has 0 aliphatic rings. The zero-order chi connectivity index (χ0) is 14.0. The number of nitro groups is 1. The lowest BCUT2D eigenvalue weighted by Gasteiger charge is -2.12. The number of nitrogens with zero attached hydrogens (tertiary/aromatic N) is 2. The number of aromatic nitrogens is 1. The third-order valence-corrected chi connectivity index (χ3v) is 2.73. The third-order valence-electron chi connectivity index (χ3n) is 2.73. The van der Waals surface area contributed by atoms with Crippen LogP contribution in [0, 0.1) is 17.0 Å². The summed E-state index contributed by atoms with van der Waals surface area (Å²) in [6.45, 7) is 3.83. The van der Waals surface area contributed by atoms with Crippen LogP contribution < -0.4 is 5.32 Å². The van der Waals surface area contributed by atoms with Crippen molar-refractivity contribution in [2.24, 2.45) is 0 Å². The molecule has 1 heterocycles. The Morgan fingerprint density at radius 1 is 1.53 bits per heavy atom. The van der Waals surface area contributed by atoms with E-state index >= 15 is 0 Å². The average Bonchev–Trinajstić information content (AvgIpc) is 2.34. The molecule has 0 aliphatic carbocycles. The van der Waals surface area contributed by atoms with Crippen molar-refractivity contribution in [3.63, 3.8) is 0 Å². The lowest BCUT2D eigenvalue weighted by molar-refractivity contribution is -0.383. The number of aliphatic hydroxyl groups is 1. The maximum atomic E-state index is 11.0. The number of para-hydroxylation sites is 1. The van der Waals surface area contributed by atoms with Gasteiger partial charge in [0.25, 0.3) is 5.69 Å².